The molecule has 0 spiro atoms. The van der Waals surface area contributed by atoms with Crippen LogP contribution in [0.15, 0.2) is 36.4 Å². The maximum Gasteiger partial charge on any atom is 0.163 e. The van der Waals surface area contributed by atoms with Gasteiger partial charge in [-0.15, -0.1) is 0 Å². The molecule has 3 rings (SSSR count). The first-order valence-corrected chi connectivity index (χ1v) is 7.42. The van der Waals surface area contributed by atoms with E-state index in [2.05, 4.69) is 37.4 Å². The third kappa shape index (κ3) is 3.30. The molecule has 1 aliphatic heterocycles. The summed E-state index contributed by atoms with van der Waals surface area (Å²) in [5.74, 6) is 1.67. The van der Waals surface area contributed by atoms with Gasteiger partial charge in [-0.1, -0.05) is 23.8 Å². The molecule has 3 heteroatoms. The fourth-order valence-electron chi connectivity index (χ4n) is 2.51. The van der Waals surface area contributed by atoms with E-state index in [1.807, 2.05) is 18.2 Å². The molecule has 0 saturated heterocycles. The summed E-state index contributed by atoms with van der Waals surface area (Å²) in [6.45, 7) is 6.52. The lowest BCUT2D eigenvalue weighted by molar-refractivity contribution is 0.297. The zero-order chi connectivity index (χ0) is 14.7. The predicted octanol–water partition coefficient (Wildman–Crippen LogP) is 4.08. The number of benzene rings is 2. The van der Waals surface area contributed by atoms with Crippen molar-refractivity contribution in [2.45, 2.75) is 26.8 Å². The van der Waals surface area contributed by atoms with E-state index in [0.717, 1.165) is 36.8 Å². The molecule has 110 valence electrons. The Morgan fingerprint density at radius 1 is 0.952 bits per heavy atom. The second-order valence-electron chi connectivity index (χ2n) is 5.50. The molecule has 0 unspecified atom stereocenters. The Morgan fingerprint density at radius 3 is 2.57 bits per heavy atom. The van der Waals surface area contributed by atoms with Crippen LogP contribution in [0.2, 0.25) is 0 Å². The van der Waals surface area contributed by atoms with Crippen molar-refractivity contribution < 1.29 is 9.47 Å². The van der Waals surface area contributed by atoms with Gasteiger partial charge in [0.05, 0.1) is 13.2 Å². The van der Waals surface area contributed by atoms with Gasteiger partial charge in [-0.2, -0.15) is 0 Å². The minimum absolute atomic E-state index is 0.716. The number of nitrogens with one attached hydrogen (secondary N) is 1. The summed E-state index contributed by atoms with van der Waals surface area (Å²) in [6, 6.07) is 12.6. The molecule has 0 fully saturated rings. The molecule has 21 heavy (non-hydrogen) atoms. The number of ether oxygens (including phenoxy) is 2. The average molecular weight is 283 g/mol. The maximum atomic E-state index is 5.72. The molecule has 2 aromatic rings. The van der Waals surface area contributed by atoms with Crippen LogP contribution in [0, 0.1) is 13.8 Å². The molecule has 0 atom stereocenters. The molecule has 0 bridgehead atoms. The Morgan fingerprint density at radius 2 is 1.76 bits per heavy atom. The SMILES string of the molecule is Cc1ccc(CNc2ccc3c(c2)OCCCO3)c(C)c1. The first-order chi connectivity index (χ1) is 10.2. The molecule has 0 aliphatic carbocycles. The summed E-state index contributed by atoms with van der Waals surface area (Å²) in [6.07, 6.45) is 0.931. The maximum absolute atomic E-state index is 5.72. The summed E-state index contributed by atoms with van der Waals surface area (Å²) in [5, 5.41) is 3.46. The first-order valence-electron chi connectivity index (χ1n) is 7.42. The van der Waals surface area contributed by atoms with E-state index >= 15 is 0 Å². The van der Waals surface area contributed by atoms with Crippen LogP contribution < -0.4 is 14.8 Å². The molecule has 0 aromatic heterocycles. The normalized spacial score (nSPS) is 13.6. The largest absolute Gasteiger partial charge is 0.490 e. The summed E-state index contributed by atoms with van der Waals surface area (Å²) in [7, 11) is 0. The number of rotatable bonds is 3. The van der Waals surface area contributed by atoms with Crippen molar-refractivity contribution in [3.05, 3.63) is 53.1 Å². The van der Waals surface area contributed by atoms with Gasteiger partial charge in [0.1, 0.15) is 0 Å². The fourth-order valence-corrected chi connectivity index (χ4v) is 2.51. The van der Waals surface area contributed by atoms with E-state index in [1.165, 1.54) is 16.7 Å². The average Bonchev–Trinajstić information content (AvgIpc) is 2.71. The molecule has 1 N–H and O–H groups in total. The number of anilines is 1. The van der Waals surface area contributed by atoms with Crippen LogP contribution in [0.3, 0.4) is 0 Å². The summed E-state index contributed by atoms with van der Waals surface area (Å²) < 4.78 is 11.4. The Balaban J connectivity index is 1.72. The highest BCUT2D eigenvalue weighted by molar-refractivity contribution is 5.55. The van der Waals surface area contributed by atoms with Crippen LogP contribution in [-0.2, 0) is 6.54 Å². The molecular weight excluding hydrogens is 262 g/mol. The topological polar surface area (TPSA) is 30.5 Å². The van der Waals surface area contributed by atoms with E-state index in [1.54, 1.807) is 0 Å². The van der Waals surface area contributed by atoms with E-state index in [-0.39, 0.29) is 0 Å². The van der Waals surface area contributed by atoms with Gasteiger partial charge in [-0.3, -0.25) is 0 Å². The standard InChI is InChI=1S/C18H21NO2/c1-13-4-5-15(14(2)10-13)12-19-16-6-7-17-18(11-16)21-9-3-8-20-17/h4-7,10-11,19H,3,8-9,12H2,1-2H3. The number of aryl methyl sites for hydroxylation is 2. The number of hydrogen-bond acceptors (Lipinski definition) is 3. The van der Waals surface area contributed by atoms with Crippen molar-refractivity contribution in [1.82, 2.24) is 0 Å². The highest BCUT2D eigenvalue weighted by Crippen LogP contribution is 2.32. The second kappa shape index (κ2) is 6.08. The van der Waals surface area contributed by atoms with Crippen LogP contribution in [0.5, 0.6) is 11.5 Å². The van der Waals surface area contributed by atoms with Gasteiger partial charge < -0.3 is 14.8 Å². The molecule has 1 aliphatic rings. The van der Waals surface area contributed by atoms with Crippen LogP contribution >= 0.6 is 0 Å². The molecule has 2 aromatic carbocycles. The zero-order valence-corrected chi connectivity index (χ0v) is 12.6. The van der Waals surface area contributed by atoms with Crippen molar-refractivity contribution in [3.8, 4) is 11.5 Å². The fraction of sp³-hybridized carbons (Fsp3) is 0.333. The Kier molecular flexibility index (Phi) is 4.00. The van der Waals surface area contributed by atoms with Crippen LogP contribution in [0.4, 0.5) is 5.69 Å². The van der Waals surface area contributed by atoms with Crippen molar-refractivity contribution in [2.75, 3.05) is 18.5 Å². The summed E-state index contributed by atoms with van der Waals surface area (Å²) in [4.78, 5) is 0. The lowest BCUT2D eigenvalue weighted by atomic mass is 10.1. The van der Waals surface area contributed by atoms with E-state index in [0.29, 0.717) is 6.61 Å². The lowest BCUT2D eigenvalue weighted by Gasteiger charge is -2.12. The third-order valence-electron chi connectivity index (χ3n) is 3.73. The van der Waals surface area contributed by atoms with E-state index in [4.69, 9.17) is 9.47 Å². The van der Waals surface area contributed by atoms with Crippen molar-refractivity contribution in [2.24, 2.45) is 0 Å². The molecule has 0 saturated carbocycles. The van der Waals surface area contributed by atoms with Crippen molar-refractivity contribution >= 4 is 5.69 Å². The Bertz CT molecular complexity index is 637. The van der Waals surface area contributed by atoms with E-state index < -0.39 is 0 Å². The van der Waals surface area contributed by atoms with Crippen molar-refractivity contribution in [3.63, 3.8) is 0 Å². The zero-order valence-electron chi connectivity index (χ0n) is 12.6. The Labute approximate surface area is 125 Å². The molecular formula is C18H21NO2. The number of fused-ring (bicyclic) bond motifs is 1. The van der Waals surface area contributed by atoms with Gasteiger partial charge in [0.25, 0.3) is 0 Å². The van der Waals surface area contributed by atoms with Gasteiger partial charge >= 0.3 is 0 Å². The molecule has 0 amide bonds. The highest BCUT2D eigenvalue weighted by atomic mass is 16.5. The number of hydrogen-bond donors (Lipinski definition) is 1. The predicted molar refractivity (Wildman–Crippen MR) is 85.3 cm³/mol. The summed E-state index contributed by atoms with van der Waals surface area (Å²) in [5.41, 5.74) is 4.98. The van der Waals surface area contributed by atoms with Crippen LogP contribution in [0.25, 0.3) is 0 Å². The summed E-state index contributed by atoms with van der Waals surface area (Å²) >= 11 is 0. The van der Waals surface area contributed by atoms with Crippen LogP contribution in [-0.4, -0.2) is 13.2 Å². The van der Waals surface area contributed by atoms with E-state index in [9.17, 15) is 0 Å². The van der Waals surface area contributed by atoms with Gasteiger partial charge in [0, 0.05) is 24.7 Å². The van der Waals surface area contributed by atoms with Gasteiger partial charge in [-0.25, -0.2) is 0 Å². The molecule has 0 radical (unpaired) electrons. The molecule has 1 heterocycles. The van der Waals surface area contributed by atoms with Gasteiger partial charge in [-0.05, 0) is 37.1 Å². The minimum Gasteiger partial charge on any atom is -0.490 e. The first kappa shape index (κ1) is 13.8. The third-order valence-corrected chi connectivity index (χ3v) is 3.73. The molecule has 3 nitrogen and oxygen atoms in total. The van der Waals surface area contributed by atoms with Crippen LogP contribution in [0.1, 0.15) is 23.1 Å². The monoisotopic (exact) mass is 283 g/mol. The van der Waals surface area contributed by atoms with Crippen molar-refractivity contribution in [1.29, 1.82) is 0 Å². The Hall–Kier alpha value is -2.16. The quantitative estimate of drug-likeness (QED) is 0.920. The second-order valence-corrected chi connectivity index (χ2v) is 5.50. The van der Waals surface area contributed by atoms with Gasteiger partial charge in [0.15, 0.2) is 11.5 Å². The lowest BCUT2D eigenvalue weighted by Crippen LogP contribution is -2.02. The minimum atomic E-state index is 0.716. The highest BCUT2D eigenvalue weighted by Gasteiger charge is 2.10. The smallest absolute Gasteiger partial charge is 0.163 e. The van der Waals surface area contributed by atoms with Gasteiger partial charge in [0.2, 0.25) is 0 Å².